The fourth-order valence-corrected chi connectivity index (χ4v) is 3.11. The molecule has 1 fully saturated rings. The van der Waals surface area contributed by atoms with Gasteiger partial charge in [0.2, 0.25) is 0 Å². The van der Waals surface area contributed by atoms with Crippen LogP contribution in [0.25, 0.3) is 0 Å². The van der Waals surface area contributed by atoms with Gasteiger partial charge in [0, 0.05) is 0 Å². The zero-order chi connectivity index (χ0) is 9.15. The van der Waals surface area contributed by atoms with Gasteiger partial charge >= 0.3 is 0 Å². The van der Waals surface area contributed by atoms with Gasteiger partial charge in [-0.2, -0.15) is 0 Å². The van der Waals surface area contributed by atoms with Gasteiger partial charge in [-0.3, -0.25) is 0 Å². The summed E-state index contributed by atoms with van der Waals surface area (Å²) in [5.41, 5.74) is 0.662. The first-order chi connectivity index (χ1) is 6.31. The lowest BCUT2D eigenvalue weighted by molar-refractivity contribution is 0.134. The highest BCUT2D eigenvalue weighted by Gasteiger charge is 2.34. The van der Waals surface area contributed by atoms with Gasteiger partial charge in [-0.25, -0.2) is 0 Å². The molecular formula is C13H22. The maximum atomic E-state index is 2.52. The average molecular weight is 178 g/mol. The minimum absolute atomic E-state index is 0.662. The van der Waals surface area contributed by atoms with Crippen molar-refractivity contribution >= 4 is 0 Å². The van der Waals surface area contributed by atoms with E-state index in [2.05, 4.69) is 19.1 Å². The summed E-state index contributed by atoms with van der Waals surface area (Å²) >= 11 is 0. The van der Waals surface area contributed by atoms with Crippen molar-refractivity contribution in [1.29, 1.82) is 0 Å². The quantitative estimate of drug-likeness (QED) is 0.485. The molecule has 74 valence electrons. The van der Waals surface area contributed by atoms with Gasteiger partial charge in [-0.05, 0) is 37.0 Å². The summed E-state index contributed by atoms with van der Waals surface area (Å²) in [6.45, 7) is 2.52. The van der Waals surface area contributed by atoms with Crippen molar-refractivity contribution in [2.24, 2.45) is 11.3 Å². The van der Waals surface area contributed by atoms with Gasteiger partial charge in [0.1, 0.15) is 0 Å². The Morgan fingerprint density at radius 2 is 1.92 bits per heavy atom. The molecule has 0 N–H and O–H groups in total. The fraction of sp³-hybridized carbons (Fsp3) is 0.846. The summed E-state index contributed by atoms with van der Waals surface area (Å²) in [4.78, 5) is 0. The highest BCUT2D eigenvalue weighted by Crippen LogP contribution is 2.45. The van der Waals surface area contributed by atoms with Crippen molar-refractivity contribution < 1.29 is 0 Å². The van der Waals surface area contributed by atoms with Gasteiger partial charge in [0.05, 0.1) is 0 Å². The third-order valence-electron chi connectivity index (χ3n) is 4.21. The van der Waals surface area contributed by atoms with E-state index in [-0.39, 0.29) is 0 Å². The molecule has 2 rings (SSSR count). The molecular weight excluding hydrogens is 156 g/mol. The maximum absolute atomic E-state index is 2.52. The van der Waals surface area contributed by atoms with Crippen LogP contribution in [-0.4, -0.2) is 0 Å². The molecule has 2 aliphatic rings. The van der Waals surface area contributed by atoms with Crippen molar-refractivity contribution in [3.05, 3.63) is 12.2 Å². The highest BCUT2D eigenvalue weighted by molar-refractivity contribution is 5.00. The second-order valence-corrected chi connectivity index (χ2v) is 5.22. The van der Waals surface area contributed by atoms with E-state index in [0.717, 1.165) is 5.92 Å². The van der Waals surface area contributed by atoms with Crippen LogP contribution < -0.4 is 0 Å². The van der Waals surface area contributed by atoms with Crippen molar-refractivity contribution in [2.45, 2.75) is 58.3 Å². The molecule has 1 saturated carbocycles. The topological polar surface area (TPSA) is 0 Å². The summed E-state index contributed by atoms with van der Waals surface area (Å²) < 4.78 is 0. The molecule has 0 heterocycles. The highest BCUT2D eigenvalue weighted by atomic mass is 14.4. The van der Waals surface area contributed by atoms with Crippen LogP contribution in [0.3, 0.4) is 0 Å². The molecule has 0 heteroatoms. The van der Waals surface area contributed by atoms with E-state index in [4.69, 9.17) is 0 Å². The molecule has 0 aliphatic heterocycles. The van der Waals surface area contributed by atoms with E-state index >= 15 is 0 Å². The van der Waals surface area contributed by atoms with Crippen LogP contribution in [0.2, 0.25) is 0 Å². The van der Waals surface area contributed by atoms with Crippen LogP contribution in [0.4, 0.5) is 0 Å². The number of hydrogen-bond acceptors (Lipinski definition) is 0. The first-order valence-corrected chi connectivity index (χ1v) is 5.96. The van der Waals surface area contributed by atoms with E-state index in [9.17, 15) is 0 Å². The molecule has 13 heavy (non-hydrogen) atoms. The Hall–Kier alpha value is -0.260. The lowest BCUT2D eigenvalue weighted by atomic mass is 9.64. The molecule has 0 aromatic carbocycles. The molecule has 0 saturated heterocycles. The van der Waals surface area contributed by atoms with Gasteiger partial charge in [0.15, 0.2) is 0 Å². The van der Waals surface area contributed by atoms with Crippen molar-refractivity contribution in [2.75, 3.05) is 0 Å². The van der Waals surface area contributed by atoms with Crippen LogP contribution in [-0.2, 0) is 0 Å². The van der Waals surface area contributed by atoms with Crippen LogP contribution in [0.15, 0.2) is 12.2 Å². The largest absolute Gasteiger partial charge is 0.0882 e. The zero-order valence-corrected chi connectivity index (χ0v) is 8.89. The Kier molecular flexibility index (Phi) is 2.76. The molecule has 0 unspecified atom stereocenters. The summed E-state index contributed by atoms with van der Waals surface area (Å²) in [6.07, 6.45) is 16.4. The maximum Gasteiger partial charge on any atom is -0.0260 e. The summed E-state index contributed by atoms with van der Waals surface area (Å²) in [6, 6.07) is 0. The van der Waals surface area contributed by atoms with E-state index in [1.165, 1.54) is 51.4 Å². The van der Waals surface area contributed by atoms with Gasteiger partial charge in [-0.1, -0.05) is 44.8 Å². The number of hydrogen-bond donors (Lipinski definition) is 0. The van der Waals surface area contributed by atoms with Crippen molar-refractivity contribution in [1.82, 2.24) is 0 Å². The number of allylic oxidation sites excluding steroid dienone is 2. The summed E-state index contributed by atoms with van der Waals surface area (Å²) in [7, 11) is 0. The van der Waals surface area contributed by atoms with Gasteiger partial charge in [-0.15, -0.1) is 0 Å². The van der Waals surface area contributed by atoms with Gasteiger partial charge < -0.3 is 0 Å². The van der Waals surface area contributed by atoms with E-state index in [1.54, 1.807) is 0 Å². The molecule has 2 atom stereocenters. The predicted octanol–water partition coefficient (Wildman–Crippen LogP) is 4.31. The Labute approximate surface area is 82.4 Å². The monoisotopic (exact) mass is 178 g/mol. The first kappa shape index (κ1) is 9.30. The third kappa shape index (κ3) is 1.98. The summed E-state index contributed by atoms with van der Waals surface area (Å²) in [5.74, 6) is 0.998. The Bertz CT molecular complexity index is 192. The average Bonchev–Trinajstić information content (AvgIpc) is 2.09. The third-order valence-corrected chi connectivity index (χ3v) is 4.21. The molecule has 0 bridgehead atoms. The van der Waals surface area contributed by atoms with Crippen LogP contribution in [0.1, 0.15) is 58.3 Å². The van der Waals surface area contributed by atoms with Crippen LogP contribution in [0, 0.1) is 11.3 Å². The Morgan fingerprint density at radius 3 is 2.85 bits per heavy atom. The predicted molar refractivity (Wildman–Crippen MR) is 57.7 cm³/mol. The Balaban J connectivity index is 2.08. The molecule has 2 aliphatic carbocycles. The minimum atomic E-state index is 0.662. The summed E-state index contributed by atoms with van der Waals surface area (Å²) in [5, 5.41) is 0. The normalized spacial score (nSPS) is 40.5. The SMILES string of the molecule is C[C@@]12CC=CC[C@H]1CCCCCC2. The molecule has 0 aromatic heterocycles. The number of fused-ring (bicyclic) bond motifs is 1. The molecule has 0 radical (unpaired) electrons. The van der Waals surface area contributed by atoms with E-state index in [0.29, 0.717) is 5.41 Å². The molecule has 0 aromatic rings. The lowest BCUT2D eigenvalue weighted by Crippen LogP contribution is -2.29. The molecule has 0 spiro atoms. The van der Waals surface area contributed by atoms with Gasteiger partial charge in [0.25, 0.3) is 0 Å². The van der Waals surface area contributed by atoms with Crippen molar-refractivity contribution in [3.63, 3.8) is 0 Å². The second kappa shape index (κ2) is 3.86. The fourth-order valence-electron chi connectivity index (χ4n) is 3.11. The smallest absolute Gasteiger partial charge is 0.0260 e. The van der Waals surface area contributed by atoms with Crippen molar-refractivity contribution in [3.8, 4) is 0 Å². The second-order valence-electron chi connectivity index (χ2n) is 5.22. The van der Waals surface area contributed by atoms with E-state index < -0.39 is 0 Å². The van der Waals surface area contributed by atoms with E-state index in [1.807, 2.05) is 0 Å². The molecule has 0 amide bonds. The first-order valence-electron chi connectivity index (χ1n) is 5.96. The Morgan fingerprint density at radius 1 is 1.08 bits per heavy atom. The lowest BCUT2D eigenvalue weighted by Gasteiger charge is -2.41. The van der Waals surface area contributed by atoms with Crippen LogP contribution >= 0.6 is 0 Å². The zero-order valence-electron chi connectivity index (χ0n) is 8.89. The minimum Gasteiger partial charge on any atom is -0.0882 e. The molecule has 0 nitrogen and oxygen atoms in total. The van der Waals surface area contributed by atoms with Crippen LogP contribution in [0.5, 0.6) is 0 Å². The standard InChI is InChI=1S/C13H22/c1-13-10-6-3-2-4-8-12(13)9-5-7-11-13/h5,7,12H,2-4,6,8-11H2,1H3/t12-,13-/m1/s1. The number of rotatable bonds is 0.